The number of hydrogen-bond donors (Lipinski definition) is 1. The van der Waals surface area contributed by atoms with E-state index in [4.69, 9.17) is 25.8 Å². The van der Waals surface area contributed by atoms with Crippen LogP contribution in [0.25, 0.3) is 0 Å². The Morgan fingerprint density at radius 1 is 1.24 bits per heavy atom. The highest BCUT2D eigenvalue weighted by molar-refractivity contribution is 6.30. The molecule has 2 aromatic rings. The summed E-state index contributed by atoms with van der Waals surface area (Å²) in [7, 11) is 0. The molecular formula is C17H13ClFNO5. The van der Waals surface area contributed by atoms with Crippen molar-refractivity contribution in [3.8, 4) is 11.5 Å². The van der Waals surface area contributed by atoms with Crippen molar-refractivity contribution in [1.82, 2.24) is 0 Å². The second-order valence-electron chi connectivity index (χ2n) is 5.14. The topological polar surface area (TPSA) is 73.9 Å². The normalized spacial score (nSPS) is 15.4. The Hall–Kier alpha value is -2.80. The number of nitrogens with one attached hydrogen (secondary N) is 1. The smallest absolute Gasteiger partial charge is 0.351 e. The van der Waals surface area contributed by atoms with Gasteiger partial charge in [0.2, 0.25) is 6.10 Å². The van der Waals surface area contributed by atoms with Crippen molar-refractivity contribution in [3.05, 3.63) is 53.3 Å². The molecule has 0 fully saturated rings. The quantitative estimate of drug-likeness (QED) is 0.843. The van der Waals surface area contributed by atoms with E-state index in [-0.39, 0.29) is 17.3 Å². The molecule has 1 amide bonds. The molecule has 0 radical (unpaired) electrons. The summed E-state index contributed by atoms with van der Waals surface area (Å²) < 4.78 is 29.4. The maximum Gasteiger partial charge on any atom is 0.351 e. The third-order valence-corrected chi connectivity index (χ3v) is 3.56. The molecule has 2 aromatic carbocycles. The van der Waals surface area contributed by atoms with Crippen molar-refractivity contribution in [2.45, 2.75) is 6.10 Å². The number of carbonyl (C=O) groups is 2. The summed E-state index contributed by atoms with van der Waals surface area (Å²) in [5, 5.41) is 2.49. The van der Waals surface area contributed by atoms with E-state index >= 15 is 0 Å². The lowest BCUT2D eigenvalue weighted by atomic mass is 10.2. The van der Waals surface area contributed by atoms with Gasteiger partial charge in [-0.05, 0) is 30.3 Å². The summed E-state index contributed by atoms with van der Waals surface area (Å²) in [5.41, 5.74) is -0.0587. The van der Waals surface area contributed by atoms with E-state index < -0.39 is 30.4 Å². The van der Waals surface area contributed by atoms with Crippen molar-refractivity contribution >= 4 is 29.2 Å². The van der Waals surface area contributed by atoms with Crippen molar-refractivity contribution in [3.63, 3.8) is 0 Å². The van der Waals surface area contributed by atoms with E-state index in [0.717, 1.165) is 6.07 Å². The number of fused-ring (bicyclic) bond motifs is 1. The fourth-order valence-corrected chi connectivity index (χ4v) is 2.30. The van der Waals surface area contributed by atoms with Crippen LogP contribution >= 0.6 is 11.6 Å². The second kappa shape index (κ2) is 7.40. The maximum absolute atomic E-state index is 13.6. The van der Waals surface area contributed by atoms with Crippen molar-refractivity contribution in [1.29, 1.82) is 0 Å². The number of hydrogen-bond acceptors (Lipinski definition) is 5. The summed E-state index contributed by atoms with van der Waals surface area (Å²) in [4.78, 5) is 23.8. The van der Waals surface area contributed by atoms with Crippen LogP contribution in [-0.4, -0.2) is 31.2 Å². The number of anilines is 1. The predicted molar refractivity (Wildman–Crippen MR) is 87.4 cm³/mol. The molecule has 25 heavy (non-hydrogen) atoms. The summed E-state index contributed by atoms with van der Waals surface area (Å²) >= 11 is 5.63. The zero-order valence-electron chi connectivity index (χ0n) is 12.8. The first-order chi connectivity index (χ1) is 12.0. The van der Waals surface area contributed by atoms with Gasteiger partial charge >= 0.3 is 5.97 Å². The zero-order valence-corrected chi connectivity index (χ0v) is 13.6. The van der Waals surface area contributed by atoms with Gasteiger partial charge in [-0.2, -0.15) is 0 Å². The minimum atomic E-state index is -0.977. The highest BCUT2D eigenvalue weighted by atomic mass is 35.5. The molecule has 0 saturated carbocycles. The van der Waals surface area contributed by atoms with Crippen LogP contribution in [0.15, 0.2) is 42.5 Å². The number of esters is 1. The van der Waals surface area contributed by atoms with Gasteiger partial charge in [-0.25, -0.2) is 9.18 Å². The number of carbonyl (C=O) groups excluding carboxylic acids is 2. The fourth-order valence-electron chi connectivity index (χ4n) is 2.14. The number of para-hydroxylation sites is 2. The molecule has 1 heterocycles. The molecule has 130 valence electrons. The van der Waals surface area contributed by atoms with Gasteiger partial charge in [0.05, 0.1) is 5.69 Å². The van der Waals surface area contributed by atoms with Gasteiger partial charge < -0.3 is 19.5 Å². The van der Waals surface area contributed by atoms with Crippen LogP contribution in [-0.2, 0) is 14.3 Å². The van der Waals surface area contributed by atoms with Gasteiger partial charge in [0.1, 0.15) is 12.4 Å². The highest BCUT2D eigenvalue weighted by Gasteiger charge is 2.29. The fraction of sp³-hybridized carbons (Fsp3) is 0.176. The van der Waals surface area contributed by atoms with Crippen LogP contribution in [0, 0.1) is 5.82 Å². The number of ether oxygens (including phenoxy) is 3. The maximum atomic E-state index is 13.6. The van der Waals surface area contributed by atoms with E-state index in [9.17, 15) is 14.0 Å². The van der Waals surface area contributed by atoms with Crippen LogP contribution in [0.5, 0.6) is 11.5 Å². The molecule has 0 bridgehead atoms. The molecule has 0 aromatic heterocycles. The van der Waals surface area contributed by atoms with E-state index in [1.165, 1.54) is 12.1 Å². The molecule has 6 nitrogen and oxygen atoms in total. The van der Waals surface area contributed by atoms with E-state index in [1.807, 2.05) is 0 Å². The standard InChI is InChI=1S/C17H13ClFNO5/c18-10-5-6-12(11(19)7-10)20-16(21)9-24-17(22)15-8-23-13-3-1-2-4-14(13)25-15/h1-7,15H,8-9H2,(H,20,21). The Kier molecular flexibility index (Phi) is 5.04. The Labute approximate surface area is 147 Å². The van der Waals surface area contributed by atoms with Crippen LogP contribution < -0.4 is 14.8 Å². The number of benzene rings is 2. The van der Waals surface area contributed by atoms with Gasteiger partial charge in [-0.15, -0.1) is 0 Å². The van der Waals surface area contributed by atoms with E-state index in [2.05, 4.69) is 5.32 Å². The van der Waals surface area contributed by atoms with Gasteiger partial charge in [0, 0.05) is 5.02 Å². The molecule has 0 spiro atoms. The number of amides is 1. The highest BCUT2D eigenvalue weighted by Crippen LogP contribution is 2.31. The lowest BCUT2D eigenvalue weighted by Gasteiger charge is -2.24. The van der Waals surface area contributed by atoms with Crippen LogP contribution in [0.2, 0.25) is 5.02 Å². The average molecular weight is 366 g/mol. The molecule has 0 aliphatic carbocycles. The lowest BCUT2D eigenvalue weighted by molar-refractivity contribution is -0.156. The molecule has 8 heteroatoms. The largest absolute Gasteiger partial charge is 0.485 e. The van der Waals surface area contributed by atoms with Crippen LogP contribution in [0.4, 0.5) is 10.1 Å². The first-order valence-electron chi connectivity index (χ1n) is 7.33. The minimum Gasteiger partial charge on any atom is -0.485 e. The molecular weight excluding hydrogens is 353 g/mol. The van der Waals surface area contributed by atoms with Crippen molar-refractivity contribution < 1.29 is 28.2 Å². The van der Waals surface area contributed by atoms with Gasteiger partial charge in [-0.1, -0.05) is 23.7 Å². The second-order valence-corrected chi connectivity index (χ2v) is 5.58. The minimum absolute atomic E-state index is 0.0245. The average Bonchev–Trinajstić information content (AvgIpc) is 2.61. The number of halogens is 2. The third-order valence-electron chi connectivity index (χ3n) is 3.32. The molecule has 1 atom stereocenters. The third kappa shape index (κ3) is 4.19. The first-order valence-corrected chi connectivity index (χ1v) is 7.71. The first kappa shape index (κ1) is 17.0. The molecule has 3 rings (SSSR count). The van der Waals surface area contributed by atoms with Crippen molar-refractivity contribution in [2.75, 3.05) is 18.5 Å². The number of rotatable bonds is 4. The lowest BCUT2D eigenvalue weighted by Crippen LogP contribution is -2.39. The summed E-state index contributed by atoms with van der Waals surface area (Å²) in [6.07, 6.45) is -0.977. The Balaban J connectivity index is 1.51. The Morgan fingerprint density at radius 2 is 2.00 bits per heavy atom. The van der Waals surface area contributed by atoms with Gasteiger partial charge in [0.25, 0.3) is 5.91 Å². The van der Waals surface area contributed by atoms with Gasteiger partial charge in [-0.3, -0.25) is 4.79 Å². The van der Waals surface area contributed by atoms with E-state index in [1.54, 1.807) is 24.3 Å². The van der Waals surface area contributed by atoms with Crippen LogP contribution in [0.3, 0.4) is 0 Å². The molecule has 1 unspecified atom stereocenters. The summed E-state index contributed by atoms with van der Waals surface area (Å²) in [6.45, 7) is -0.605. The molecule has 1 aliphatic heterocycles. The van der Waals surface area contributed by atoms with Crippen LogP contribution in [0.1, 0.15) is 0 Å². The Bertz CT molecular complexity index is 813. The SMILES string of the molecule is O=C(COC(=O)C1COc2ccccc2O1)Nc1ccc(Cl)cc1F. The summed E-state index contributed by atoms with van der Waals surface area (Å²) in [6, 6.07) is 10.7. The molecule has 1 aliphatic rings. The molecule has 0 saturated heterocycles. The monoisotopic (exact) mass is 365 g/mol. The predicted octanol–water partition coefficient (Wildman–Crippen LogP) is 2.80. The molecule has 1 N–H and O–H groups in total. The zero-order chi connectivity index (χ0) is 17.8. The van der Waals surface area contributed by atoms with Crippen molar-refractivity contribution in [2.24, 2.45) is 0 Å². The van der Waals surface area contributed by atoms with Gasteiger partial charge in [0.15, 0.2) is 18.1 Å². The Morgan fingerprint density at radius 3 is 2.76 bits per heavy atom. The van der Waals surface area contributed by atoms with E-state index in [0.29, 0.717) is 11.5 Å². The summed E-state index contributed by atoms with van der Waals surface area (Å²) in [5.74, 6) is -1.17.